The van der Waals surface area contributed by atoms with Crippen molar-refractivity contribution in [1.82, 2.24) is 9.88 Å². The largest absolute Gasteiger partial charge is 0.327 e. The van der Waals surface area contributed by atoms with Crippen molar-refractivity contribution >= 4 is 28.3 Å². The van der Waals surface area contributed by atoms with E-state index in [9.17, 15) is 9.59 Å². The molecule has 0 radical (unpaired) electrons. The molecule has 2 amide bonds. The molecule has 0 aliphatic rings. The maximum absolute atomic E-state index is 12.9. The topological polar surface area (TPSA) is 62.3 Å². The summed E-state index contributed by atoms with van der Waals surface area (Å²) >= 11 is 1.44. The summed E-state index contributed by atoms with van der Waals surface area (Å²) in [5.41, 5.74) is 2.46. The minimum absolute atomic E-state index is 0.0137. The molecule has 5 nitrogen and oxygen atoms in total. The van der Waals surface area contributed by atoms with Crippen molar-refractivity contribution in [3.8, 4) is 0 Å². The van der Waals surface area contributed by atoms with Crippen LogP contribution in [0, 0.1) is 20.8 Å². The van der Waals surface area contributed by atoms with Crippen molar-refractivity contribution in [2.75, 3.05) is 11.9 Å². The number of aromatic nitrogens is 1. The van der Waals surface area contributed by atoms with Gasteiger partial charge in [0.2, 0.25) is 5.91 Å². The van der Waals surface area contributed by atoms with Crippen molar-refractivity contribution in [3.05, 3.63) is 46.0 Å². The molecule has 0 aliphatic heterocycles. The Morgan fingerprint density at radius 3 is 2.48 bits per heavy atom. The molecule has 0 saturated carbocycles. The van der Waals surface area contributed by atoms with Gasteiger partial charge in [-0.25, -0.2) is 4.98 Å². The summed E-state index contributed by atoms with van der Waals surface area (Å²) in [4.78, 5) is 32.4. The Labute approximate surface area is 153 Å². The van der Waals surface area contributed by atoms with Crippen LogP contribution in [0.25, 0.3) is 0 Å². The average molecular weight is 359 g/mol. The summed E-state index contributed by atoms with van der Waals surface area (Å²) in [6, 6.07) is 7.43. The van der Waals surface area contributed by atoms with Crippen LogP contribution >= 0.6 is 11.3 Å². The van der Waals surface area contributed by atoms with Crippen LogP contribution in [0.5, 0.6) is 0 Å². The highest BCUT2D eigenvalue weighted by Gasteiger charge is 2.24. The lowest BCUT2D eigenvalue weighted by atomic mass is 10.1. The molecule has 0 saturated heterocycles. The lowest BCUT2D eigenvalue weighted by Crippen LogP contribution is -2.43. The van der Waals surface area contributed by atoms with E-state index in [1.165, 1.54) is 11.3 Å². The van der Waals surface area contributed by atoms with Crippen LogP contribution in [0.4, 0.5) is 5.13 Å². The minimum atomic E-state index is -0.226. The molecule has 1 N–H and O–H groups in total. The van der Waals surface area contributed by atoms with Gasteiger partial charge in [0, 0.05) is 16.5 Å². The Hall–Kier alpha value is -2.21. The number of carbonyl (C=O) groups excluding carboxylic acids is 2. The van der Waals surface area contributed by atoms with E-state index in [1.807, 2.05) is 52.8 Å². The second-order valence-corrected chi connectivity index (χ2v) is 7.42. The zero-order chi connectivity index (χ0) is 18.6. The fourth-order valence-corrected chi connectivity index (χ4v) is 3.29. The van der Waals surface area contributed by atoms with Crippen LogP contribution in [0.1, 0.15) is 46.8 Å². The Balaban J connectivity index is 2.16. The van der Waals surface area contributed by atoms with Crippen LogP contribution in [-0.2, 0) is 4.79 Å². The molecule has 25 heavy (non-hydrogen) atoms. The fourth-order valence-electron chi connectivity index (χ4n) is 2.46. The van der Waals surface area contributed by atoms with Crippen LogP contribution < -0.4 is 5.32 Å². The van der Waals surface area contributed by atoms with Crippen molar-refractivity contribution in [2.24, 2.45) is 0 Å². The summed E-state index contributed by atoms with van der Waals surface area (Å²) in [6.07, 6.45) is 0.778. The molecular formula is C19H25N3O2S. The monoisotopic (exact) mass is 359 g/mol. The molecule has 1 aromatic heterocycles. The third kappa shape index (κ3) is 4.66. The summed E-state index contributed by atoms with van der Waals surface area (Å²) < 4.78 is 0. The molecule has 0 unspecified atom stereocenters. The standard InChI is InChI=1S/C19H25N3O2S/c1-6-13(3)22(18(24)16-10-8-7-9-12(16)2)11-17(23)21-19-20-14(4)15(5)25-19/h7-10,13H,6,11H2,1-5H3,(H,20,21,23)/t13-/m0/s1. The lowest BCUT2D eigenvalue weighted by Gasteiger charge is -2.28. The van der Waals surface area contributed by atoms with Crippen LogP contribution in [0.3, 0.4) is 0 Å². The first kappa shape index (κ1) is 19.1. The van der Waals surface area contributed by atoms with E-state index in [1.54, 1.807) is 11.0 Å². The molecular weight excluding hydrogens is 334 g/mol. The van der Waals surface area contributed by atoms with Gasteiger partial charge in [-0.3, -0.25) is 9.59 Å². The molecule has 6 heteroatoms. The summed E-state index contributed by atoms with van der Waals surface area (Å²) in [5.74, 6) is -0.343. The zero-order valence-electron chi connectivity index (χ0n) is 15.4. The second-order valence-electron chi connectivity index (χ2n) is 6.21. The van der Waals surface area contributed by atoms with Crippen LogP contribution in [0.15, 0.2) is 24.3 Å². The van der Waals surface area contributed by atoms with Gasteiger partial charge in [0.15, 0.2) is 5.13 Å². The van der Waals surface area contributed by atoms with E-state index >= 15 is 0 Å². The SMILES string of the molecule is CC[C@H](C)N(CC(=O)Nc1nc(C)c(C)s1)C(=O)c1ccccc1C. The molecule has 1 heterocycles. The highest BCUT2D eigenvalue weighted by molar-refractivity contribution is 7.15. The predicted molar refractivity (Wildman–Crippen MR) is 102 cm³/mol. The molecule has 2 aromatic rings. The Kier molecular flexibility index (Phi) is 6.31. The van der Waals surface area contributed by atoms with Gasteiger partial charge in [-0.2, -0.15) is 0 Å². The molecule has 0 spiro atoms. The summed E-state index contributed by atoms with van der Waals surface area (Å²) in [5, 5.41) is 3.38. The van der Waals surface area contributed by atoms with Gasteiger partial charge in [-0.1, -0.05) is 25.1 Å². The van der Waals surface area contributed by atoms with E-state index in [4.69, 9.17) is 0 Å². The molecule has 1 aromatic carbocycles. The number of rotatable bonds is 6. The predicted octanol–water partition coefficient (Wildman–Crippen LogP) is 3.95. The van der Waals surface area contributed by atoms with Gasteiger partial charge in [-0.05, 0) is 45.7 Å². The lowest BCUT2D eigenvalue weighted by molar-refractivity contribution is -0.117. The third-order valence-electron chi connectivity index (χ3n) is 4.35. The Morgan fingerprint density at radius 2 is 1.92 bits per heavy atom. The molecule has 134 valence electrons. The number of anilines is 1. The van der Waals surface area contributed by atoms with Crippen molar-refractivity contribution < 1.29 is 9.59 Å². The van der Waals surface area contributed by atoms with E-state index in [-0.39, 0.29) is 24.4 Å². The van der Waals surface area contributed by atoms with Crippen molar-refractivity contribution in [2.45, 2.75) is 47.1 Å². The van der Waals surface area contributed by atoms with E-state index in [0.717, 1.165) is 22.6 Å². The van der Waals surface area contributed by atoms with Gasteiger partial charge >= 0.3 is 0 Å². The Bertz CT molecular complexity index is 750. The number of carbonyl (C=O) groups is 2. The summed E-state index contributed by atoms with van der Waals surface area (Å²) in [6.45, 7) is 9.77. The molecule has 0 aliphatic carbocycles. The first-order chi connectivity index (χ1) is 11.8. The summed E-state index contributed by atoms with van der Waals surface area (Å²) in [7, 11) is 0. The van der Waals surface area contributed by atoms with E-state index in [2.05, 4.69) is 10.3 Å². The average Bonchev–Trinajstić information content (AvgIpc) is 2.89. The first-order valence-electron chi connectivity index (χ1n) is 8.44. The van der Waals surface area contributed by atoms with Crippen molar-refractivity contribution in [3.63, 3.8) is 0 Å². The number of amides is 2. The zero-order valence-corrected chi connectivity index (χ0v) is 16.2. The Morgan fingerprint density at radius 1 is 1.24 bits per heavy atom. The highest BCUT2D eigenvalue weighted by atomic mass is 32.1. The number of thiazole rings is 1. The number of hydrogen-bond acceptors (Lipinski definition) is 4. The molecule has 0 bridgehead atoms. The number of aryl methyl sites for hydroxylation is 3. The second kappa shape index (κ2) is 8.25. The van der Waals surface area contributed by atoms with Gasteiger partial charge in [0.05, 0.1) is 5.69 Å². The van der Waals surface area contributed by atoms with E-state index in [0.29, 0.717) is 10.7 Å². The molecule has 1 atom stereocenters. The van der Waals surface area contributed by atoms with Gasteiger partial charge < -0.3 is 10.2 Å². The highest BCUT2D eigenvalue weighted by Crippen LogP contribution is 2.21. The molecule has 2 rings (SSSR count). The maximum Gasteiger partial charge on any atom is 0.254 e. The van der Waals surface area contributed by atoms with Gasteiger partial charge in [0.25, 0.3) is 5.91 Å². The minimum Gasteiger partial charge on any atom is -0.327 e. The third-order valence-corrected chi connectivity index (χ3v) is 5.34. The van der Waals surface area contributed by atoms with Crippen LogP contribution in [0.2, 0.25) is 0 Å². The van der Waals surface area contributed by atoms with Gasteiger partial charge in [0.1, 0.15) is 6.54 Å². The number of benzene rings is 1. The van der Waals surface area contributed by atoms with Crippen LogP contribution in [-0.4, -0.2) is 34.3 Å². The van der Waals surface area contributed by atoms with E-state index < -0.39 is 0 Å². The maximum atomic E-state index is 12.9. The molecule has 0 fully saturated rings. The fraction of sp³-hybridized carbons (Fsp3) is 0.421. The first-order valence-corrected chi connectivity index (χ1v) is 9.25. The van der Waals surface area contributed by atoms with Crippen molar-refractivity contribution in [1.29, 1.82) is 0 Å². The smallest absolute Gasteiger partial charge is 0.254 e. The number of nitrogens with zero attached hydrogens (tertiary/aromatic N) is 2. The van der Waals surface area contributed by atoms with Gasteiger partial charge in [-0.15, -0.1) is 11.3 Å². The number of nitrogens with one attached hydrogen (secondary N) is 1. The number of hydrogen-bond donors (Lipinski definition) is 1. The normalized spacial score (nSPS) is 11.9. The quantitative estimate of drug-likeness (QED) is 0.849.